The van der Waals surface area contributed by atoms with Crippen molar-refractivity contribution in [3.8, 4) is 5.75 Å². The summed E-state index contributed by atoms with van der Waals surface area (Å²) in [5.41, 5.74) is 1.21. The molecule has 2 saturated heterocycles. The van der Waals surface area contributed by atoms with Crippen LogP contribution >= 0.6 is 0 Å². The third-order valence-corrected chi connectivity index (χ3v) is 5.68. The molecular formula is C22H33N3O3. The Hall–Kier alpha value is -2.08. The summed E-state index contributed by atoms with van der Waals surface area (Å²) in [7, 11) is 0. The van der Waals surface area contributed by atoms with Crippen LogP contribution in [0.25, 0.3) is 0 Å². The fourth-order valence-corrected chi connectivity index (χ4v) is 4.04. The van der Waals surface area contributed by atoms with Crippen molar-refractivity contribution < 1.29 is 14.3 Å². The predicted molar refractivity (Wildman–Crippen MR) is 111 cm³/mol. The van der Waals surface area contributed by atoms with Gasteiger partial charge in [-0.25, -0.2) is 0 Å². The van der Waals surface area contributed by atoms with Crippen LogP contribution in [0.4, 0.5) is 5.69 Å². The van der Waals surface area contributed by atoms with Crippen LogP contribution in [0.2, 0.25) is 0 Å². The highest BCUT2D eigenvalue weighted by Gasteiger charge is 2.20. The number of anilines is 1. The van der Waals surface area contributed by atoms with Gasteiger partial charge in [0.25, 0.3) is 5.91 Å². The monoisotopic (exact) mass is 387 g/mol. The van der Waals surface area contributed by atoms with E-state index in [9.17, 15) is 9.59 Å². The molecule has 28 heavy (non-hydrogen) atoms. The Kier molecular flexibility index (Phi) is 7.71. The van der Waals surface area contributed by atoms with Crippen LogP contribution in [-0.2, 0) is 4.79 Å². The molecular weight excluding hydrogens is 354 g/mol. The Labute approximate surface area is 168 Å². The first kappa shape index (κ1) is 20.6. The molecule has 2 heterocycles. The molecule has 6 nitrogen and oxygen atoms in total. The van der Waals surface area contributed by atoms with E-state index in [1.165, 1.54) is 6.42 Å². The second-order valence-corrected chi connectivity index (χ2v) is 7.78. The first-order valence-corrected chi connectivity index (χ1v) is 10.7. The molecule has 6 heteroatoms. The molecule has 3 rings (SSSR count). The van der Waals surface area contributed by atoms with Gasteiger partial charge in [-0.15, -0.1) is 0 Å². The number of piperidine rings is 2. The van der Waals surface area contributed by atoms with Crippen molar-refractivity contribution in [1.29, 1.82) is 0 Å². The van der Waals surface area contributed by atoms with E-state index in [0.29, 0.717) is 35.9 Å². The standard InChI is InChI=1S/C22H33N3O3/c1-2-28-20-8-7-18(22(27)25-14-4-3-5-15-25)16-19(20)24-21(26)9-6-17-10-12-23-13-11-17/h7-8,16-17,23H,2-6,9-15H2,1H3,(H,24,26). The third kappa shape index (κ3) is 5.71. The minimum absolute atomic E-state index is 0.0120. The Morgan fingerprint density at radius 3 is 2.64 bits per heavy atom. The molecule has 1 aromatic carbocycles. The minimum Gasteiger partial charge on any atom is -0.492 e. The largest absolute Gasteiger partial charge is 0.492 e. The molecule has 0 bridgehead atoms. The van der Waals surface area contributed by atoms with Crippen LogP contribution in [0.15, 0.2) is 18.2 Å². The van der Waals surface area contributed by atoms with Gasteiger partial charge in [-0.1, -0.05) is 0 Å². The summed E-state index contributed by atoms with van der Waals surface area (Å²) in [5, 5.41) is 6.34. The molecule has 0 aromatic heterocycles. The lowest BCUT2D eigenvalue weighted by molar-refractivity contribution is -0.116. The van der Waals surface area contributed by atoms with Gasteiger partial charge < -0.3 is 20.3 Å². The van der Waals surface area contributed by atoms with Crippen molar-refractivity contribution >= 4 is 17.5 Å². The number of carbonyl (C=O) groups excluding carboxylic acids is 2. The van der Waals surface area contributed by atoms with E-state index in [0.717, 1.165) is 58.3 Å². The Morgan fingerprint density at radius 1 is 1.18 bits per heavy atom. The Bertz CT molecular complexity index is 665. The van der Waals surface area contributed by atoms with Crippen molar-refractivity contribution in [1.82, 2.24) is 10.2 Å². The summed E-state index contributed by atoms with van der Waals surface area (Å²) in [5.74, 6) is 1.26. The van der Waals surface area contributed by atoms with E-state index < -0.39 is 0 Å². The topological polar surface area (TPSA) is 70.7 Å². The summed E-state index contributed by atoms with van der Waals surface area (Å²) < 4.78 is 5.66. The first-order chi connectivity index (χ1) is 13.7. The zero-order chi connectivity index (χ0) is 19.8. The van der Waals surface area contributed by atoms with E-state index in [4.69, 9.17) is 4.74 Å². The molecule has 1 aromatic rings. The Morgan fingerprint density at radius 2 is 1.93 bits per heavy atom. The van der Waals surface area contributed by atoms with Gasteiger partial charge in [-0.2, -0.15) is 0 Å². The maximum atomic E-state index is 12.8. The molecule has 0 aliphatic carbocycles. The van der Waals surface area contributed by atoms with Crippen molar-refractivity contribution in [2.24, 2.45) is 5.92 Å². The van der Waals surface area contributed by atoms with Gasteiger partial charge in [0, 0.05) is 25.1 Å². The van der Waals surface area contributed by atoms with Crippen molar-refractivity contribution in [3.63, 3.8) is 0 Å². The number of carbonyl (C=O) groups is 2. The fraction of sp³-hybridized carbons (Fsp3) is 0.636. The lowest BCUT2D eigenvalue weighted by Crippen LogP contribution is -2.35. The van der Waals surface area contributed by atoms with E-state index in [1.54, 1.807) is 18.2 Å². The summed E-state index contributed by atoms with van der Waals surface area (Å²) in [4.78, 5) is 27.2. The smallest absolute Gasteiger partial charge is 0.253 e. The molecule has 154 valence electrons. The zero-order valence-electron chi connectivity index (χ0n) is 17.0. The lowest BCUT2D eigenvalue weighted by Gasteiger charge is -2.27. The molecule has 2 aliphatic rings. The number of ether oxygens (including phenoxy) is 1. The van der Waals surface area contributed by atoms with Gasteiger partial charge >= 0.3 is 0 Å². The van der Waals surface area contributed by atoms with E-state index >= 15 is 0 Å². The number of nitrogens with one attached hydrogen (secondary N) is 2. The molecule has 0 atom stereocenters. The highest BCUT2D eigenvalue weighted by Crippen LogP contribution is 2.28. The summed E-state index contributed by atoms with van der Waals surface area (Å²) >= 11 is 0. The van der Waals surface area contributed by atoms with Crippen LogP contribution in [0, 0.1) is 5.92 Å². The van der Waals surface area contributed by atoms with Crippen molar-refractivity contribution in [2.75, 3.05) is 38.1 Å². The summed E-state index contributed by atoms with van der Waals surface area (Å²) in [6.07, 6.45) is 6.98. The number of rotatable bonds is 7. The number of likely N-dealkylation sites (tertiary alicyclic amines) is 1. The van der Waals surface area contributed by atoms with Gasteiger partial charge in [0.15, 0.2) is 0 Å². The molecule has 2 fully saturated rings. The quantitative estimate of drug-likeness (QED) is 0.752. The van der Waals surface area contributed by atoms with Crippen molar-refractivity contribution in [2.45, 2.75) is 51.9 Å². The Balaban J connectivity index is 1.64. The molecule has 2 amide bonds. The second-order valence-electron chi connectivity index (χ2n) is 7.78. The van der Waals surface area contributed by atoms with Gasteiger partial charge in [-0.05, 0) is 82.7 Å². The summed E-state index contributed by atoms with van der Waals surface area (Å²) in [6.45, 7) is 6.13. The number of nitrogens with zero attached hydrogens (tertiary/aromatic N) is 1. The third-order valence-electron chi connectivity index (χ3n) is 5.68. The van der Waals surface area contributed by atoms with Gasteiger partial charge in [0.2, 0.25) is 5.91 Å². The molecule has 2 aliphatic heterocycles. The number of hydrogen-bond donors (Lipinski definition) is 2. The van der Waals surface area contributed by atoms with Crippen LogP contribution in [-0.4, -0.2) is 49.5 Å². The zero-order valence-corrected chi connectivity index (χ0v) is 17.0. The van der Waals surface area contributed by atoms with Gasteiger partial charge in [0.05, 0.1) is 12.3 Å². The first-order valence-electron chi connectivity index (χ1n) is 10.7. The molecule has 0 unspecified atom stereocenters. The van der Waals surface area contributed by atoms with Gasteiger partial charge in [0.1, 0.15) is 5.75 Å². The van der Waals surface area contributed by atoms with E-state index in [-0.39, 0.29) is 11.8 Å². The lowest BCUT2D eigenvalue weighted by atomic mass is 9.93. The predicted octanol–water partition coefficient (Wildman–Crippen LogP) is 3.43. The number of amides is 2. The van der Waals surface area contributed by atoms with E-state index in [2.05, 4.69) is 10.6 Å². The highest BCUT2D eigenvalue weighted by molar-refractivity contribution is 5.98. The number of hydrogen-bond acceptors (Lipinski definition) is 4. The average molecular weight is 388 g/mol. The number of benzene rings is 1. The van der Waals surface area contributed by atoms with Crippen LogP contribution in [0.3, 0.4) is 0 Å². The minimum atomic E-state index is -0.0120. The maximum absolute atomic E-state index is 12.8. The molecule has 0 saturated carbocycles. The molecule has 2 N–H and O–H groups in total. The fourth-order valence-electron chi connectivity index (χ4n) is 4.04. The van der Waals surface area contributed by atoms with E-state index in [1.807, 2.05) is 11.8 Å². The van der Waals surface area contributed by atoms with Gasteiger partial charge in [-0.3, -0.25) is 9.59 Å². The van der Waals surface area contributed by atoms with Crippen LogP contribution in [0.5, 0.6) is 5.75 Å². The SMILES string of the molecule is CCOc1ccc(C(=O)N2CCCCC2)cc1NC(=O)CCC1CCNCC1. The van der Waals surface area contributed by atoms with Crippen LogP contribution in [0.1, 0.15) is 62.2 Å². The van der Waals surface area contributed by atoms with Crippen molar-refractivity contribution in [3.05, 3.63) is 23.8 Å². The normalized spacial score (nSPS) is 18.0. The molecule has 0 radical (unpaired) electrons. The van der Waals surface area contributed by atoms with Crippen LogP contribution < -0.4 is 15.4 Å². The highest BCUT2D eigenvalue weighted by atomic mass is 16.5. The maximum Gasteiger partial charge on any atom is 0.253 e. The second kappa shape index (κ2) is 10.5. The average Bonchev–Trinajstić information content (AvgIpc) is 2.74. The molecule has 0 spiro atoms. The summed E-state index contributed by atoms with van der Waals surface area (Å²) in [6, 6.07) is 5.36.